The lowest BCUT2D eigenvalue weighted by Gasteiger charge is -2.28. The van der Waals surface area contributed by atoms with E-state index in [1.165, 1.54) is 0 Å². The molecule has 0 aliphatic heterocycles. The monoisotopic (exact) mass is 306 g/mol. The van der Waals surface area contributed by atoms with Crippen LogP contribution >= 0.6 is 0 Å². The van der Waals surface area contributed by atoms with Gasteiger partial charge in [-0.25, -0.2) is 4.98 Å². The molecule has 2 heterocycles. The highest BCUT2D eigenvalue weighted by atomic mass is 16.4. The van der Waals surface area contributed by atoms with Crippen molar-refractivity contribution >= 4 is 5.91 Å². The van der Waals surface area contributed by atoms with Crippen LogP contribution in [-0.4, -0.2) is 33.5 Å². The van der Waals surface area contributed by atoms with Crippen molar-refractivity contribution in [2.75, 3.05) is 6.61 Å². The highest BCUT2D eigenvalue weighted by Crippen LogP contribution is 2.19. The molecule has 0 aliphatic rings. The maximum Gasteiger partial charge on any atom is 0.292 e. The minimum Gasteiger partial charge on any atom is -0.467 e. The maximum atomic E-state index is 12.8. The van der Waals surface area contributed by atoms with Gasteiger partial charge in [0.15, 0.2) is 5.89 Å². The Hall–Kier alpha value is -2.08. The van der Waals surface area contributed by atoms with Crippen LogP contribution in [0.1, 0.15) is 48.2 Å². The lowest BCUT2D eigenvalue weighted by Crippen LogP contribution is -2.41. The van der Waals surface area contributed by atoms with Crippen LogP contribution in [-0.2, 0) is 13.0 Å². The summed E-state index contributed by atoms with van der Waals surface area (Å²) in [5.41, 5.74) is 0.569. The number of rotatable bonds is 7. The Labute approximate surface area is 129 Å². The van der Waals surface area contributed by atoms with Gasteiger partial charge in [0.05, 0.1) is 31.2 Å². The molecule has 1 N–H and O–H groups in total. The molecule has 1 amide bonds. The number of aromatic nitrogens is 1. The van der Waals surface area contributed by atoms with E-state index in [2.05, 4.69) is 4.98 Å². The Morgan fingerprint density at radius 1 is 1.45 bits per heavy atom. The third-order valence-corrected chi connectivity index (χ3v) is 3.63. The second-order valence-electron chi connectivity index (χ2n) is 5.13. The fourth-order valence-corrected chi connectivity index (χ4v) is 2.32. The van der Waals surface area contributed by atoms with Crippen LogP contribution in [0.4, 0.5) is 0 Å². The zero-order valence-electron chi connectivity index (χ0n) is 13.2. The Morgan fingerprint density at radius 2 is 2.23 bits per heavy atom. The average Bonchev–Trinajstić information content (AvgIpc) is 3.16. The summed E-state index contributed by atoms with van der Waals surface area (Å²) in [6.07, 6.45) is 2.83. The molecule has 6 heteroatoms. The summed E-state index contributed by atoms with van der Waals surface area (Å²) in [5.74, 6) is 1.15. The highest BCUT2D eigenvalue weighted by molar-refractivity contribution is 5.92. The molecule has 0 fully saturated rings. The van der Waals surface area contributed by atoms with Gasteiger partial charge in [-0.3, -0.25) is 4.79 Å². The first kappa shape index (κ1) is 16.3. The Bertz CT molecular complexity index is 600. The smallest absolute Gasteiger partial charge is 0.292 e. The molecule has 1 atom stereocenters. The third kappa shape index (κ3) is 3.39. The molecule has 0 saturated heterocycles. The predicted octanol–water partition coefficient (Wildman–Crippen LogP) is 2.55. The fourth-order valence-electron chi connectivity index (χ4n) is 2.32. The Balaban J connectivity index is 2.30. The summed E-state index contributed by atoms with van der Waals surface area (Å²) in [4.78, 5) is 18.6. The number of nitrogens with zero attached hydrogens (tertiary/aromatic N) is 2. The second-order valence-corrected chi connectivity index (χ2v) is 5.13. The van der Waals surface area contributed by atoms with Gasteiger partial charge < -0.3 is 18.8 Å². The molecule has 22 heavy (non-hydrogen) atoms. The number of carbonyl (C=O) groups excluding carboxylic acids is 1. The zero-order valence-corrected chi connectivity index (χ0v) is 13.2. The SMILES string of the molecule is CCc1nc(C)c(C(=O)N(Cc2ccco2)[C@@H](CC)CO)o1. The number of amides is 1. The van der Waals surface area contributed by atoms with Gasteiger partial charge in [0.1, 0.15) is 5.76 Å². The number of aryl methyl sites for hydroxylation is 2. The summed E-state index contributed by atoms with van der Waals surface area (Å²) >= 11 is 0. The maximum absolute atomic E-state index is 12.8. The number of hydrogen-bond acceptors (Lipinski definition) is 5. The van der Waals surface area contributed by atoms with Gasteiger partial charge in [0.25, 0.3) is 5.91 Å². The minimum absolute atomic E-state index is 0.114. The quantitative estimate of drug-likeness (QED) is 0.850. The van der Waals surface area contributed by atoms with Crippen LogP contribution < -0.4 is 0 Å². The van der Waals surface area contributed by atoms with Crippen molar-refractivity contribution in [1.82, 2.24) is 9.88 Å². The van der Waals surface area contributed by atoms with E-state index >= 15 is 0 Å². The molecule has 0 spiro atoms. The molecule has 2 aromatic rings. The molecule has 0 aliphatic carbocycles. The first-order chi connectivity index (χ1) is 10.6. The Kier molecular flexibility index (Phi) is 5.38. The van der Waals surface area contributed by atoms with E-state index in [4.69, 9.17) is 8.83 Å². The second kappa shape index (κ2) is 7.26. The summed E-state index contributed by atoms with van der Waals surface area (Å²) in [6.45, 7) is 5.76. The topological polar surface area (TPSA) is 79.7 Å². The highest BCUT2D eigenvalue weighted by Gasteiger charge is 2.28. The number of furan rings is 1. The summed E-state index contributed by atoms with van der Waals surface area (Å²) in [6, 6.07) is 3.27. The zero-order chi connectivity index (χ0) is 16.1. The van der Waals surface area contributed by atoms with E-state index < -0.39 is 0 Å². The average molecular weight is 306 g/mol. The van der Waals surface area contributed by atoms with Crippen molar-refractivity contribution in [3.05, 3.63) is 41.5 Å². The van der Waals surface area contributed by atoms with Crippen LogP contribution in [0.3, 0.4) is 0 Å². The van der Waals surface area contributed by atoms with Crippen molar-refractivity contribution in [2.45, 2.75) is 46.2 Å². The molecule has 0 radical (unpaired) electrons. The first-order valence-corrected chi connectivity index (χ1v) is 7.51. The first-order valence-electron chi connectivity index (χ1n) is 7.51. The summed E-state index contributed by atoms with van der Waals surface area (Å²) in [5, 5.41) is 9.57. The molecule has 0 aromatic carbocycles. The molecule has 2 aromatic heterocycles. The summed E-state index contributed by atoms with van der Waals surface area (Å²) in [7, 11) is 0. The Morgan fingerprint density at radius 3 is 2.73 bits per heavy atom. The van der Waals surface area contributed by atoms with Crippen molar-refractivity contribution < 1.29 is 18.7 Å². The largest absolute Gasteiger partial charge is 0.467 e. The minimum atomic E-state index is -0.299. The fraction of sp³-hybridized carbons (Fsp3) is 0.500. The van der Waals surface area contributed by atoms with E-state index in [0.29, 0.717) is 30.2 Å². The number of carbonyl (C=O) groups is 1. The predicted molar refractivity (Wildman–Crippen MR) is 80.4 cm³/mol. The van der Waals surface area contributed by atoms with E-state index in [1.54, 1.807) is 30.2 Å². The third-order valence-electron chi connectivity index (χ3n) is 3.63. The van der Waals surface area contributed by atoms with Crippen LogP contribution in [0.15, 0.2) is 27.2 Å². The van der Waals surface area contributed by atoms with Gasteiger partial charge in [-0.15, -0.1) is 0 Å². The van der Waals surface area contributed by atoms with Gasteiger partial charge in [0.2, 0.25) is 5.76 Å². The number of aliphatic hydroxyl groups excluding tert-OH is 1. The molecule has 0 saturated carbocycles. The van der Waals surface area contributed by atoms with Crippen molar-refractivity contribution in [3.63, 3.8) is 0 Å². The molecule has 120 valence electrons. The molecule has 6 nitrogen and oxygen atoms in total. The van der Waals surface area contributed by atoms with Crippen LogP contribution in [0.2, 0.25) is 0 Å². The van der Waals surface area contributed by atoms with E-state index in [-0.39, 0.29) is 30.9 Å². The standard InChI is InChI=1S/C16H22N2O4/c1-4-12(10-19)18(9-13-7-6-8-21-13)16(20)15-11(3)17-14(5-2)22-15/h6-8,12,19H,4-5,9-10H2,1-3H3/t12-/m0/s1. The van der Waals surface area contributed by atoms with Crippen LogP contribution in [0.5, 0.6) is 0 Å². The van der Waals surface area contributed by atoms with E-state index in [9.17, 15) is 9.90 Å². The van der Waals surface area contributed by atoms with Gasteiger partial charge >= 0.3 is 0 Å². The van der Waals surface area contributed by atoms with Crippen LogP contribution in [0, 0.1) is 6.92 Å². The van der Waals surface area contributed by atoms with Crippen molar-refractivity contribution in [3.8, 4) is 0 Å². The van der Waals surface area contributed by atoms with Gasteiger partial charge in [0, 0.05) is 6.42 Å². The number of hydrogen-bond donors (Lipinski definition) is 1. The number of oxazole rings is 1. The lowest BCUT2D eigenvalue weighted by atomic mass is 10.1. The van der Waals surface area contributed by atoms with Crippen molar-refractivity contribution in [2.24, 2.45) is 0 Å². The van der Waals surface area contributed by atoms with E-state index in [0.717, 1.165) is 0 Å². The van der Waals surface area contributed by atoms with Gasteiger partial charge in [-0.05, 0) is 25.5 Å². The molecular formula is C16H22N2O4. The summed E-state index contributed by atoms with van der Waals surface area (Å²) < 4.78 is 10.9. The molecule has 0 bridgehead atoms. The molecule has 2 rings (SSSR count). The lowest BCUT2D eigenvalue weighted by molar-refractivity contribution is 0.0511. The normalized spacial score (nSPS) is 12.4. The molecular weight excluding hydrogens is 284 g/mol. The van der Waals surface area contributed by atoms with Gasteiger partial charge in [-0.2, -0.15) is 0 Å². The van der Waals surface area contributed by atoms with Gasteiger partial charge in [-0.1, -0.05) is 13.8 Å². The van der Waals surface area contributed by atoms with Crippen LogP contribution in [0.25, 0.3) is 0 Å². The number of aliphatic hydroxyl groups is 1. The molecule has 0 unspecified atom stereocenters. The van der Waals surface area contributed by atoms with E-state index in [1.807, 2.05) is 13.8 Å². The van der Waals surface area contributed by atoms with Crippen molar-refractivity contribution in [1.29, 1.82) is 0 Å².